The van der Waals surface area contributed by atoms with E-state index in [9.17, 15) is 10.2 Å². The molecule has 0 spiro atoms. The van der Waals surface area contributed by atoms with Gasteiger partial charge >= 0.3 is 0 Å². The zero-order valence-corrected chi connectivity index (χ0v) is 22.2. The fourth-order valence-electron chi connectivity index (χ4n) is 4.57. The van der Waals surface area contributed by atoms with Crippen LogP contribution in [-0.2, 0) is 6.54 Å². The summed E-state index contributed by atoms with van der Waals surface area (Å²) in [5.74, 6) is 0. The second kappa shape index (κ2) is 22.9. The van der Waals surface area contributed by atoms with Crippen molar-refractivity contribution in [2.45, 2.75) is 110 Å². The molecule has 33 heavy (non-hydrogen) atoms. The van der Waals surface area contributed by atoms with Crippen LogP contribution in [0.15, 0.2) is 42.6 Å². The standard InChI is InChI=1S/C29H52NO2.ClH/c1-2-3-4-5-6-7-8-9-10-11-12-13-14-15-16-20-23-30(24-26-31,25-27-32)28-29-21-18-17-19-22-29;/h17-23,31-32H,2-16,24-28H2,1H3;1H/q+1;/p-1/b23-20+;. The lowest BCUT2D eigenvalue weighted by Gasteiger charge is -2.34. The molecule has 0 unspecified atom stereocenters. The Hall–Kier alpha value is -0.870. The van der Waals surface area contributed by atoms with E-state index in [0.29, 0.717) is 17.6 Å². The third-order valence-electron chi connectivity index (χ3n) is 6.58. The lowest BCUT2D eigenvalue weighted by atomic mass is 10.0. The number of allylic oxidation sites excluding steroid dienone is 1. The number of nitrogens with zero attached hydrogens (tertiary/aromatic N) is 1. The molecular weight excluding hydrogens is 430 g/mol. The molecule has 0 aliphatic rings. The van der Waals surface area contributed by atoms with Crippen molar-refractivity contribution in [3.05, 3.63) is 48.2 Å². The first-order chi connectivity index (χ1) is 15.8. The zero-order valence-electron chi connectivity index (χ0n) is 21.4. The minimum absolute atomic E-state index is 0. The Morgan fingerprint density at radius 1 is 0.667 bits per heavy atom. The summed E-state index contributed by atoms with van der Waals surface area (Å²) >= 11 is 0. The van der Waals surface area contributed by atoms with Crippen LogP contribution >= 0.6 is 0 Å². The third-order valence-corrected chi connectivity index (χ3v) is 6.58. The van der Waals surface area contributed by atoms with Crippen LogP contribution < -0.4 is 12.4 Å². The van der Waals surface area contributed by atoms with Crippen molar-refractivity contribution in [1.29, 1.82) is 0 Å². The van der Waals surface area contributed by atoms with E-state index in [0.717, 1.165) is 13.0 Å². The highest BCUT2D eigenvalue weighted by Gasteiger charge is 2.24. The van der Waals surface area contributed by atoms with Gasteiger partial charge in [-0.05, 0) is 18.9 Å². The maximum Gasteiger partial charge on any atom is 0.109 e. The quantitative estimate of drug-likeness (QED) is 0.190. The number of rotatable bonds is 22. The topological polar surface area (TPSA) is 40.5 Å². The number of hydrogen-bond acceptors (Lipinski definition) is 2. The smallest absolute Gasteiger partial charge is 0.109 e. The maximum atomic E-state index is 9.61. The van der Waals surface area contributed by atoms with Gasteiger partial charge in [0.25, 0.3) is 0 Å². The first-order valence-electron chi connectivity index (χ1n) is 13.6. The van der Waals surface area contributed by atoms with Crippen LogP contribution in [0, 0.1) is 0 Å². The molecule has 3 nitrogen and oxygen atoms in total. The minimum atomic E-state index is 0. The monoisotopic (exact) mass is 481 g/mol. The fourth-order valence-corrected chi connectivity index (χ4v) is 4.57. The number of aliphatic hydroxyl groups excluding tert-OH is 2. The Morgan fingerprint density at radius 3 is 1.58 bits per heavy atom. The van der Waals surface area contributed by atoms with E-state index in [1.807, 2.05) is 6.07 Å². The number of hydrogen-bond donors (Lipinski definition) is 2. The number of benzene rings is 1. The summed E-state index contributed by atoms with van der Waals surface area (Å²) in [5, 5.41) is 19.2. The predicted molar refractivity (Wildman–Crippen MR) is 138 cm³/mol. The summed E-state index contributed by atoms with van der Waals surface area (Å²) < 4.78 is 0.621. The van der Waals surface area contributed by atoms with Crippen LogP contribution in [0.2, 0.25) is 0 Å². The summed E-state index contributed by atoms with van der Waals surface area (Å²) in [4.78, 5) is 0. The summed E-state index contributed by atoms with van der Waals surface area (Å²) in [5.41, 5.74) is 1.25. The number of halogens is 1. The highest BCUT2D eigenvalue weighted by molar-refractivity contribution is 5.13. The van der Waals surface area contributed by atoms with Crippen LogP contribution in [-0.4, -0.2) is 41.0 Å². The molecule has 0 saturated heterocycles. The van der Waals surface area contributed by atoms with Crippen LogP contribution in [0.25, 0.3) is 0 Å². The molecule has 192 valence electrons. The van der Waals surface area contributed by atoms with Gasteiger partial charge in [0, 0.05) is 5.56 Å². The van der Waals surface area contributed by atoms with Crippen molar-refractivity contribution < 1.29 is 27.1 Å². The van der Waals surface area contributed by atoms with Crippen molar-refractivity contribution in [2.24, 2.45) is 0 Å². The predicted octanol–water partition coefficient (Wildman–Crippen LogP) is 4.38. The molecule has 0 bridgehead atoms. The van der Waals surface area contributed by atoms with Gasteiger partial charge in [0.2, 0.25) is 0 Å². The Morgan fingerprint density at radius 2 is 1.12 bits per heavy atom. The molecule has 0 heterocycles. The van der Waals surface area contributed by atoms with Gasteiger partial charge in [-0.2, -0.15) is 0 Å². The Balaban J connectivity index is 0.0000102. The van der Waals surface area contributed by atoms with E-state index in [2.05, 4.69) is 43.5 Å². The van der Waals surface area contributed by atoms with Gasteiger partial charge in [-0.1, -0.05) is 121 Å². The lowest BCUT2D eigenvalue weighted by Crippen LogP contribution is -3.00. The van der Waals surface area contributed by atoms with E-state index < -0.39 is 0 Å². The fraction of sp³-hybridized carbons (Fsp3) is 0.724. The highest BCUT2D eigenvalue weighted by Crippen LogP contribution is 2.17. The molecule has 0 atom stereocenters. The molecule has 2 N–H and O–H groups in total. The second-order valence-electron chi connectivity index (χ2n) is 9.53. The Kier molecular flexibility index (Phi) is 22.3. The molecule has 0 saturated carbocycles. The molecule has 1 rings (SSSR count). The summed E-state index contributed by atoms with van der Waals surface area (Å²) in [6, 6.07) is 10.4. The van der Waals surface area contributed by atoms with E-state index in [1.165, 1.54) is 95.5 Å². The molecule has 4 heteroatoms. The summed E-state index contributed by atoms with van der Waals surface area (Å²) in [7, 11) is 0. The molecule has 1 aromatic rings. The van der Waals surface area contributed by atoms with E-state index in [-0.39, 0.29) is 25.6 Å². The van der Waals surface area contributed by atoms with E-state index >= 15 is 0 Å². The van der Waals surface area contributed by atoms with Gasteiger partial charge in [-0.3, -0.25) is 4.48 Å². The average molecular weight is 482 g/mol. The van der Waals surface area contributed by atoms with E-state index in [4.69, 9.17) is 0 Å². The van der Waals surface area contributed by atoms with Gasteiger partial charge in [-0.25, -0.2) is 0 Å². The highest BCUT2D eigenvalue weighted by atomic mass is 35.5. The Labute approximate surface area is 211 Å². The van der Waals surface area contributed by atoms with Crippen molar-refractivity contribution >= 4 is 0 Å². The van der Waals surface area contributed by atoms with Crippen LogP contribution in [0.4, 0.5) is 0 Å². The SMILES string of the molecule is CCCCCCCCCCCCCCCC/C=C/[N+](CCO)(CCO)Cc1ccccc1.[Cl-]. The molecule has 1 aromatic carbocycles. The summed E-state index contributed by atoms with van der Waals surface area (Å²) in [6.07, 6.45) is 25.0. The van der Waals surface area contributed by atoms with Crippen molar-refractivity contribution in [3.8, 4) is 0 Å². The number of aliphatic hydroxyl groups is 2. The molecule has 0 radical (unpaired) electrons. The Bertz CT molecular complexity index is 544. The molecule has 0 aliphatic carbocycles. The largest absolute Gasteiger partial charge is 1.00 e. The molecular formula is C29H52ClNO2. The molecule has 0 aromatic heterocycles. The van der Waals surface area contributed by atoms with Gasteiger partial charge in [0.05, 0.1) is 19.4 Å². The molecule has 0 aliphatic heterocycles. The van der Waals surface area contributed by atoms with Crippen LogP contribution in [0.5, 0.6) is 0 Å². The second-order valence-corrected chi connectivity index (χ2v) is 9.53. The van der Waals surface area contributed by atoms with Gasteiger partial charge in [-0.15, -0.1) is 0 Å². The normalized spacial score (nSPS) is 11.7. The average Bonchev–Trinajstić information content (AvgIpc) is 2.80. The number of quaternary nitrogens is 1. The maximum absolute atomic E-state index is 9.61. The number of unbranched alkanes of at least 4 members (excludes halogenated alkanes) is 14. The minimum Gasteiger partial charge on any atom is -1.00 e. The zero-order chi connectivity index (χ0) is 23.2. The first-order valence-corrected chi connectivity index (χ1v) is 13.6. The van der Waals surface area contributed by atoms with Gasteiger partial charge in [0.15, 0.2) is 0 Å². The molecule has 0 amide bonds. The van der Waals surface area contributed by atoms with E-state index in [1.54, 1.807) is 0 Å². The van der Waals surface area contributed by atoms with Crippen molar-refractivity contribution in [1.82, 2.24) is 0 Å². The van der Waals surface area contributed by atoms with Gasteiger partial charge < -0.3 is 22.6 Å². The van der Waals surface area contributed by atoms with Crippen molar-refractivity contribution in [3.63, 3.8) is 0 Å². The van der Waals surface area contributed by atoms with Crippen molar-refractivity contribution in [2.75, 3.05) is 26.3 Å². The lowest BCUT2D eigenvalue weighted by molar-refractivity contribution is -0.893. The van der Waals surface area contributed by atoms with Gasteiger partial charge in [0.1, 0.15) is 19.6 Å². The third kappa shape index (κ3) is 17.3. The van der Waals surface area contributed by atoms with Crippen LogP contribution in [0.1, 0.15) is 109 Å². The molecule has 0 fully saturated rings. The summed E-state index contributed by atoms with van der Waals surface area (Å²) in [6.45, 7) is 4.66. The van der Waals surface area contributed by atoms with Crippen LogP contribution in [0.3, 0.4) is 0 Å². The first kappa shape index (κ1) is 32.1.